The average molecular weight is 321 g/mol. The molecule has 0 saturated heterocycles. The number of carboxylic acids is 1. The third kappa shape index (κ3) is 3.51. The Morgan fingerprint density at radius 3 is 2.59 bits per heavy atom. The first kappa shape index (κ1) is 16.2. The molecule has 116 valence electrons. The zero-order chi connectivity index (χ0) is 16.3. The molecule has 0 radical (unpaired) electrons. The van der Waals surface area contributed by atoms with Gasteiger partial charge in [-0.1, -0.05) is 12.1 Å². The molecule has 0 saturated carbocycles. The summed E-state index contributed by atoms with van der Waals surface area (Å²) in [5, 5.41) is 13.2. The van der Waals surface area contributed by atoms with Crippen LogP contribution in [-0.2, 0) is 21.4 Å². The van der Waals surface area contributed by atoms with Crippen molar-refractivity contribution in [3.05, 3.63) is 52.0 Å². The standard InChI is InChI=1S/C16H16FNO3S/c1-16(2,13-4-3-7-22-13)15(21)18-11-6-5-10(8-14(19)20)12(17)9-11/h3-7,9H,8H2,1-2H3,(H,18,21)(H,19,20). The van der Waals surface area contributed by atoms with Crippen LogP contribution in [0, 0.1) is 5.82 Å². The van der Waals surface area contributed by atoms with Gasteiger partial charge in [0.2, 0.25) is 5.91 Å². The van der Waals surface area contributed by atoms with Crippen LogP contribution >= 0.6 is 11.3 Å². The first-order valence-electron chi connectivity index (χ1n) is 6.66. The lowest BCUT2D eigenvalue weighted by atomic mass is 9.90. The first-order chi connectivity index (χ1) is 10.3. The van der Waals surface area contributed by atoms with Crippen molar-refractivity contribution in [2.24, 2.45) is 0 Å². The van der Waals surface area contributed by atoms with E-state index in [4.69, 9.17) is 5.11 Å². The summed E-state index contributed by atoms with van der Waals surface area (Å²) in [6.07, 6.45) is -0.388. The molecule has 0 aliphatic carbocycles. The Bertz CT molecular complexity index is 695. The molecule has 6 heteroatoms. The third-order valence-corrected chi connectivity index (χ3v) is 4.55. The summed E-state index contributed by atoms with van der Waals surface area (Å²) in [6, 6.07) is 7.76. The number of halogens is 1. The lowest BCUT2D eigenvalue weighted by molar-refractivity contribution is -0.136. The molecule has 1 aromatic carbocycles. The zero-order valence-corrected chi connectivity index (χ0v) is 13.0. The fraction of sp³-hybridized carbons (Fsp3) is 0.250. The molecule has 0 spiro atoms. The number of carboxylic acid groups (broad SMARTS) is 1. The first-order valence-corrected chi connectivity index (χ1v) is 7.54. The van der Waals surface area contributed by atoms with Gasteiger partial charge >= 0.3 is 5.97 Å². The van der Waals surface area contributed by atoms with Crippen LogP contribution in [-0.4, -0.2) is 17.0 Å². The minimum Gasteiger partial charge on any atom is -0.481 e. The van der Waals surface area contributed by atoms with Gasteiger partial charge in [-0.05, 0) is 43.0 Å². The summed E-state index contributed by atoms with van der Waals surface area (Å²) >= 11 is 1.48. The lowest BCUT2D eigenvalue weighted by Gasteiger charge is -2.22. The van der Waals surface area contributed by atoms with Gasteiger partial charge < -0.3 is 10.4 Å². The molecule has 0 fully saturated rings. The van der Waals surface area contributed by atoms with Crippen molar-refractivity contribution in [1.82, 2.24) is 0 Å². The second-order valence-corrected chi connectivity index (χ2v) is 6.38. The highest BCUT2D eigenvalue weighted by atomic mass is 32.1. The van der Waals surface area contributed by atoms with Crippen molar-refractivity contribution in [2.75, 3.05) is 5.32 Å². The Hall–Kier alpha value is -2.21. The van der Waals surface area contributed by atoms with Crippen molar-refractivity contribution < 1.29 is 19.1 Å². The summed E-state index contributed by atoms with van der Waals surface area (Å²) in [5.74, 6) is -2.00. The Morgan fingerprint density at radius 2 is 2.05 bits per heavy atom. The van der Waals surface area contributed by atoms with Crippen LogP contribution in [0.3, 0.4) is 0 Å². The van der Waals surface area contributed by atoms with E-state index in [-0.39, 0.29) is 17.9 Å². The molecule has 1 heterocycles. The normalized spacial score (nSPS) is 11.2. The van der Waals surface area contributed by atoms with Crippen molar-refractivity contribution in [2.45, 2.75) is 25.7 Å². The highest BCUT2D eigenvalue weighted by molar-refractivity contribution is 7.10. The lowest BCUT2D eigenvalue weighted by Crippen LogP contribution is -2.34. The summed E-state index contributed by atoms with van der Waals surface area (Å²) in [7, 11) is 0. The number of carbonyl (C=O) groups is 2. The van der Waals surface area contributed by atoms with Crippen LogP contribution in [0.15, 0.2) is 35.7 Å². The van der Waals surface area contributed by atoms with Gasteiger partial charge in [0.15, 0.2) is 0 Å². The highest BCUT2D eigenvalue weighted by Crippen LogP contribution is 2.29. The van der Waals surface area contributed by atoms with Crippen molar-refractivity contribution in [3.8, 4) is 0 Å². The van der Waals surface area contributed by atoms with Crippen LogP contribution in [0.5, 0.6) is 0 Å². The number of thiophene rings is 1. The number of anilines is 1. The zero-order valence-electron chi connectivity index (χ0n) is 12.2. The molecule has 0 bridgehead atoms. The number of amides is 1. The number of carbonyl (C=O) groups excluding carboxylic acids is 1. The van der Waals surface area contributed by atoms with Gasteiger partial charge in [-0.2, -0.15) is 0 Å². The molecule has 4 nitrogen and oxygen atoms in total. The van der Waals surface area contributed by atoms with E-state index >= 15 is 0 Å². The van der Waals surface area contributed by atoms with E-state index in [0.29, 0.717) is 5.69 Å². The number of hydrogen-bond acceptors (Lipinski definition) is 3. The summed E-state index contributed by atoms with van der Waals surface area (Å²) in [6.45, 7) is 3.59. The molecule has 2 rings (SSSR count). The maximum atomic E-state index is 13.8. The van der Waals surface area contributed by atoms with Crippen molar-refractivity contribution in [1.29, 1.82) is 0 Å². The quantitative estimate of drug-likeness (QED) is 0.886. The predicted octanol–water partition coefficient (Wildman–Crippen LogP) is 3.43. The van der Waals surface area contributed by atoms with Gasteiger partial charge in [-0.15, -0.1) is 11.3 Å². The molecule has 0 aliphatic rings. The summed E-state index contributed by atoms with van der Waals surface area (Å²) < 4.78 is 13.8. The number of benzene rings is 1. The predicted molar refractivity (Wildman–Crippen MR) is 83.7 cm³/mol. The number of rotatable bonds is 5. The van der Waals surface area contributed by atoms with Crippen LogP contribution < -0.4 is 5.32 Å². The van der Waals surface area contributed by atoms with E-state index in [1.807, 2.05) is 17.5 Å². The smallest absolute Gasteiger partial charge is 0.307 e. The fourth-order valence-electron chi connectivity index (χ4n) is 1.96. The number of nitrogens with one attached hydrogen (secondary N) is 1. The van der Waals surface area contributed by atoms with E-state index < -0.39 is 17.2 Å². The number of aliphatic carboxylic acids is 1. The molecular weight excluding hydrogens is 305 g/mol. The molecule has 2 aromatic rings. The maximum absolute atomic E-state index is 13.8. The summed E-state index contributed by atoms with van der Waals surface area (Å²) in [4.78, 5) is 23.9. The Labute approximate surface area is 131 Å². The molecular formula is C16H16FNO3S. The van der Waals surface area contributed by atoms with Crippen LogP contribution in [0.4, 0.5) is 10.1 Å². The molecule has 0 atom stereocenters. The van der Waals surface area contributed by atoms with Crippen LogP contribution in [0.1, 0.15) is 24.3 Å². The average Bonchev–Trinajstić information content (AvgIpc) is 2.96. The molecule has 1 amide bonds. The summed E-state index contributed by atoms with van der Waals surface area (Å²) in [5.41, 5.74) is -0.339. The second-order valence-electron chi connectivity index (χ2n) is 5.43. The third-order valence-electron chi connectivity index (χ3n) is 3.36. The molecule has 1 aromatic heterocycles. The van der Waals surface area contributed by atoms with E-state index in [1.165, 1.54) is 23.5 Å². The minimum atomic E-state index is -1.10. The van der Waals surface area contributed by atoms with Crippen LogP contribution in [0.25, 0.3) is 0 Å². The molecule has 2 N–H and O–H groups in total. The van der Waals surface area contributed by atoms with Crippen LogP contribution in [0.2, 0.25) is 0 Å². The topological polar surface area (TPSA) is 66.4 Å². The minimum absolute atomic E-state index is 0.0861. The van der Waals surface area contributed by atoms with Gasteiger partial charge in [-0.25, -0.2) is 4.39 Å². The van der Waals surface area contributed by atoms with Crippen molar-refractivity contribution in [3.63, 3.8) is 0 Å². The second kappa shape index (κ2) is 6.27. The largest absolute Gasteiger partial charge is 0.481 e. The van der Waals surface area contributed by atoms with Gasteiger partial charge in [-0.3, -0.25) is 9.59 Å². The maximum Gasteiger partial charge on any atom is 0.307 e. The molecule has 0 aliphatic heterocycles. The highest BCUT2D eigenvalue weighted by Gasteiger charge is 2.30. The van der Waals surface area contributed by atoms with E-state index in [1.54, 1.807) is 13.8 Å². The molecule has 22 heavy (non-hydrogen) atoms. The van der Waals surface area contributed by atoms with E-state index in [0.717, 1.165) is 10.9 Å². The monoisotopic (exact) mass is 321 g/mol. The van der Waals surface area contributed by atoms with Gasteiger partial charge in [0.25, 0.3) is 0 Å². The Kier molecular flexibility index (Phi) is 4.61. The van der Waals surface area contributed by atoms with Gasteiger partial charge in [0.1, 0.15) is 5.82 Å². The van der Waals surface area contributed by atoms with Crippen molar-refractivity contribution >= 4 is 28.9 Å². The Morgan fingerprint density at radius 1 is 1.32 bits per heavy atom. The van der Waals surface area contributed by atoms with E-state index in [2.05, 4.69) is 5.32 Å². The molecule has 0 unspecified atom stereocenters. The Balaban J connectivity index is 2.15. The fourth-order valence-corrected chi connectivity index (χ4v) is 2.81. The van der Waals surface area contributed by atoms with E-state index in [9.17, 15) is 14.0 Å². The van der Waals surface area contributed by atoms with Gasteiger partial charge in [0.05, 0.1) is 11.8 Å². The number of hydrogen-bond donors (Lipinski definition) is 2. The SMILES string of the molecule is CC(C)(C(=O)Nc1ccc(CC(=O)O)c(F)c1)c1cccs1. The van der Waals surface area contributed by atoms with Gasteiger partial charge in [0, 0.05) is 10.6 Å².